The Morgan fingerprint density at radius 2 is 1.70 bits per heavy atom. The van der Waals surface area contributed by atoms with Gasteiger partial charge in [-0.2, -0.15) is 0 Å². The summed E-state index contributed by atoms with van der Waals surface area (Å²) in [5.74, 6) is 2.65. The van der Waals surface area contributed by atoms with E-state index in [1.54, 1.807) is 19.1 Å². The third-order valence-corrected chi connectivity index (χ3v) is 5.59. The van der Waals surface area contributed by atoms with E-state index in [0.717, 1.165) is 54.4 Å². The molecule has 1 saturated heterocycles. The number of ether oxygens (including phenoxy) is 3. The zero-order chi connectivity index (χ0) is 19.2. The molecule has 3 rings (SSSR count). The highest BCUT2D eigenvalue weighted by Crippen LogP contribution is 2.32. The van der Waals surface area contributed by atoms with Gasteiger partial charge in [0.25, 0.3) is 0 Å². The molecule has 6 heteroatoms. The number of rotatable bonds is 7. The van der Waals surface area contributed by atoms with Gasteiger partial charge in [-0.3, -0.25) is 0 Å². The van der Waals surface area contributed by atoms with Crippen LogP contribution in [0.5, 0.6) is 17.2 Å². The highest BCUT2D eigenvalue weighted by Gasteiger charge is 2.24. The number of piperazine rings is 1. The fourth-order valence-corrected chi connectivity index (χ4v) is 4.12. The largest absolute Gasteiger partial charge is 0.496 e. The number of benzene rings is 2. The zero-order valence-electron chi connectivity index (χ0n) is 16.3. The van der Waals surface area contributed by atoms with Crippen molar-refractivity contribution in [1.82, 2.24) is 0 Å². The molecule has 0 aliphatic carbocycles. The van der Waals surface area contributed by atoms with Crippen molar-refractivity contribution >= 4 is 21.6 Å². The van der Waals surface area contributed by atoms with E-state index < -0.39 is 0 Å². The van der Waals surface area contributed by atoms with Crippen molar-refractivity contribution in [2.45, 2.75) is 13.5 Å². The maximum Gasteiger partial charge on any atom is 0.142 e. The van der Waals surface area contributed by atoms with E-state index in [2.05, 4.69) is 45.1 Å². The molecule has 0 amide bonds. The number of hydrogen-bond donors (Lipinski definition) is 1. The summed E-state index contributed by atoms with van der Waals surface area (Å²) in [6.45, 7) is 7.83. The summed E-state index contributed by atoms with van der Waals surface area (Å²) in [7, 11) is 3.38. The summed E-state index contributed by atoms with van der Waals surface area (Å²) in [6.07, 6.45) is 0. The van der Waals surface area contributed by atoms with Gasteiger partial charge < -0.3 is 24.0 Å². The Morgan fingerprint density at radius 1 is 1.00 bits per heavy atom. The number of anilines is 1. The molecular formula is C21H28BrN2O3+. The second-order valence-corrected chi connectivity index (χ2v) is 7.47. The minimum absolute atomic E-state index is 0.689. The number of hydrogen-bond acceptors (Lipinski definition) is 4. The first-order chi connectivity index (χ1) is 13.2. The lowest BCUT2D eigenvalue weighted by Crippen LogP contribution is -3.13. The van der Waals surface area contributed by atoms with Crippen LogP contribution in [0, 0.1) is 0 Å². The predicted octanol–water partition coefficient (Wildman–Crippen LogP) is 2.77. The smallest absolute Gasteiger partial charge is 0.142 e. The standard InChI is InChI=1S/C21H27BrN2O3/c1-4-27-19-8-6-5-7-18(19)24-11-9-23(10-12-24)15-16-13-17(22)21(26-3)14-20(16)25-2/h5-8,13-14H,4,9-12,15H2,1-3H3/p+1. The molecule has 5 nitrogen and oxygen atoms in total. The lowest BCUT2D eigenvalue weighted by Gasteiger charge is -2.34. The normalized spacial score (nSPS) is 14.9. The summed E-state index contributed by atoms with van der Waals surface area (Å²) in [5, 5.41) is 0. The Bertz CT molecular complexity index is 761. The van der Waals surface area contributed by atoms with E-state index in [-0.39, 0.29) is 0 Å². The molecule has 27 heavy (non-hydrogen) atoms. The second-order valence-electron chi connectivity index (χ2n) is 6.61. The van der Waals surface area contributed by atoms with Crippen LogP contribution in [0.3, 0.4) is 0 Å². The first-order valence-electron chi connectivity index (χ1n) is 9.37. The molecule has 146 valence electrons. The molecule has 0 atom stereocenters. The van der Waals surface area contributed by atoms with Crippen LogP contribution < -0.4 is 24.0 Å². The molecule has 2 aromatic carbocycles. The third kappa shape index (κ3) is 4.68. The van der Waals surface area contributed by atoms with Crippen LogP contribution in [0.2, 0.25) is 0 Å². The van der Waals surface area contributed by atoms with Gasteiger partial charge in [0.05, 0.1) is 57.2 Å². The van der Waals surface area contributed by atoms with Crippen molar-refractivity contribution in [2.75, 3.05) is 51.9 Å². The minimum Gasteiger partial charge on any atom is -0.496 e. The number of nitrogens with one attached hydrogen (secondary N) is 1. The fraction of sp³-hybridized carbons (Fsp3) is 0.429. The van der Waals surface area contributed by atoms with Gasteiger partial charge in [0.1, 0.15) is 23.8 Å². The quantitative estimate of drug-likeness (QED) is 0.724. The van der Waals surface area contributed by atoms with Crippen molar-refractivity contribution < 1.29 is 19.1 Å². The van der Waals surface area contributed by atoms with Crippen LogP contribution in [0.4, 0.5) is 5.69 Å². The van der Waals surface area contributed by atoms with E-state index in [4.69, 9.17) is 14.2 Å². The molecule has 0 saturated carbocycles. The molecule has 2 aromatic rings. The van der Waals surface area contributed by atoms with E-state index in [1.165, 1.54) is 11.3 Å². The van der Waals surface area contributed by atoms with Gasteiger partial charge in [0.15, 0.2) is 0 Å². The van der Waals surface area contributed by atoms with Crippen molar-refractivity contribution in [3.05, 3.63) is 46.4 Å². The van der Waals surface area contributed by atoms with Crippen LogP contribution in [-0.2, 0) is 6.54 Å². The van der Waals surface area contributed by atoms with Crippen molar-refractivity contribution in [3.8, 4) is 17.2 Å². The van der Waals surface area contributed by atoms with Gasteiger partial charge >= 0.3 is 0 Å². The highest BCUT2D eigenvalue weighted by atomic mass is 79.9. The molecule has 0 unspecified atom stereocenters. The number of nitrogens with zero attached hydrogens (tertiary/aromatic N) is 1. The number of para-hydroxylation sites is 2. The van der Waals surface area contributed by atoms with Crippen LogP contribution in [0.25, 0.3) is 0 Å². The van der Waals surface area contributed by atoms with Crippen LogP contribution in [-0.4, -0.2) is 47.0 Å². The molecule has 0 bridgehead atoms. The molecule has 1 heterocycles. The molecule has 0 radical (unpaired) electrons. The predicted molar refractivity (Wildman–Crippen MR) is 111 cm³/mol. The Kier molecular flexibility index (Phi) is 6.85. The third-order valence-electron chi connectivity index (χ3n) is 4.97. The number of halogens is 1. The lowest BCUT2D eigenvalue weighted by molar-refractivity contribution is -0.914. The van der Waals surface area contributed by atoms with Gasteiger partial charge in [-0.15, -0.1) is 0 Å². The van der Waals surface area contributed by atoms with Gasteiger partial charge in [-0.1, -0.05) is 12.1 Å². The Morgan fingerprint density at radius 3 is 2.37 bits per heavy atom. The van der Waals surface area contributed by atoms with Gasteiger partial charge in [-0.25, -0.2) is 0 Å². The van der Waals surface area contributed by atoms with Crippen molar-refractivity contribution in [2.24, 2.45) is 0 Å². The molecule has 1 aliphatic heterocycles. The number of quaternary nitrogens is 1. The molecule has 0 aromatic heterocycles. The Balaban J connectivity index is 1.66. The maximum absolute atomic E-state index is 5.80. The van der Waals surface area contributed by atoms with Crippen LogP contribution in [0.15, 0.2) is 40.9 Å². The van der Waals surface area contributed by atoms with Crippen molar-refractivity contribution in [3.63, 3.8) is 0 Å². The monoisotopic (exact) mass is 435 g/mol. The van der Waals surface area contributed by atoms with Crippen LogP contribution in [0.1, 0.15) is 12.5 Å². The maximum atomic E-state index is 5.80. The topological polar surface area (TPSA) is 35.4 Å². The molecule has 1 fully saturated rings. The van der Waals surface area contributed by atoms with E-state index >= 15 is 0 Å². The van der Waals surface area contributed by atoms with E-state index in [1.807, 2.05) is 19.1 Å². The average molecular weight is 436 g/mol. The molecule has 0 spiro atoms. The van der Waals surface area contributed by atoms with Gasteiger partial charge in [0.2, 0.25) is 0 Å². The van der Waals surface area contributed by atoms with Gasteiger partial charge in [-0.05, 0) is 41.1 Å². The van der Waals surface area contributed by atoms with Crippen LogP contribution >= 0.6 is 15.9 Å². The first kappa shape index (κ1) is 19.8. The zero-order valence-corrected chi connectivity index (χ0v) is 17.8. The summed E-state index contributed by atoms with van der Waals surface area (Å²) in [4.78, 5) is 3.98. The highest BCUT2D eigenvalue weighted by molar-refractivity contribution is 9.10. The molecule has 1 aliphatic rings. The minimum atomic E-state index is 0.689. The second kappa shape index (κ2) is 9.33. The lowest BCUT2D eigenvalue weighted by atomic mass is 10.1. The summed E-state index contributed by atoms with van der Waals surface area (Å²) >= 11 is 3.59. The summed E-state index contributed by atoms with van der Waals surface area (Å²) in [5.41, 5.74) is 2.39. The van der Waals surface area contributed by atoms with Gasteiger partial charge in [0, 0.05) is 11.6 Å². The number of methoxy groups -OCH3 is 2. The van der Waals surface area contributed by atoms with E-state index in [0.29, 0.717) is 6.61 Å². The average Bonchev–Trinajstić information content (AvgIpc) is 2.70. The van der Waals surface area contributed by atoms with E-state index in [9.17, 15) is 0 Å². The molecular weight excluding hydrogens is 408 g/mol. The fourth-order valence-electron chi connectivity index (χ4n) is 3.57. The summed E-state index contributed by atoms with van der Waals surface area (Å²) in [6, 6.07) is 12.4. The summed E-state index contributed by atoms with van der Waals surface area (Å²) < 4.78 is 17.7. The Hall–Kier alpha value is -1.92. The van der Waals surface area contributed by atoms with Crippen molar-refractivity contribution in [1.29, 1.82) is 0 Å². The SMILES string of the molecule is CCOc1ccccc1N1CC[NH+](Cc2cc(Br)c(OC)cc2OC)CC1. The molecule has 1 N–H and O–H groups in total. The Labute approximate surface area is 169 Å². The first-order valence-corrected chi connectivity index (χ1v) is 10.2.